The Labute approximate surface area is 123 Å². The molecule has 2 rings (SSSR count). The van der Waals surface area contributed by atoms with Crippen molar-refractivity contribution < 1.29 is 9.47 Å². The van der Waals surface area contributed by atoms with E-state index in [-0.39, 0.29) is 0 Å². The summed E-state index contributed by atoms with van der Waals surface area (Å²) in [7, 11) is 1.67. The zero-order valence-electron chi connectivity index (χ0n) is 11.6. The van der Waals surface area contributed by atoms with Gasteiger partial charge in [0.15, 0.2) is 0 Å². The molecule has 6 heteroatoms. The van der Waals surface area contributed by atoms with E-state index in [2.05, 4.69) is 4.98 Å². The van der Waals surface area contributed by atoms with Gasteiger partial charge >= 0.3 is 0 Å². The number of nitrogen functional groups attached to an aromatic ring is 1. The number of hydrogen-bond donors (Lipinski definition) is 1. The van der Waals surface area contributed by atoms with Gasteiger partial charge in [-0.05, 0) is 25.0 Å². The first-order valence-corrected chi connectivity index (χ1v) is 7.08. The molecular weight excluding hydrogens is 278 g/mol. The molecule has 1 heterocycles. The van der Waals surface area contributed by atoms with Gasteiger partial charge in [0.1, 0.15) is 5.52 Å². The average molecular weight is 298 g/mol. The third-order valence-electron chi connectivity index (χ3n) is 3.11. The van der Waals surface area contributed by atoms with Crippen LogP contribution in [0.4, 0.5) is 5.95 Å². The molecule has 110 valence electrons. The number of para-hydroxylation sites is 1. The number of rotatable bonds is 8. The molecule has 0 bridgehead atoms. The molecule has 0 fully saturated rings. The number of unbranched alkanes of at least 4 members (excludes halogenated alkanes) is 1. The number of methoxy groups -OCH3 is 1. The minimum absolute atomic E-state index is 0.508. The second kappa shape index (κ2) is 7.47. The Balaban J connectivity index is 1.87. The summed E-state index contributed by atoms with van der Waals surface area (Å²) >= 11 is 6.11. The highest BCUT2D eigenvalue weighted by Gasteiger charge is 2.09. The van der Waals surface area contributed by atoms with Crippen molar-refractivity contribution in [3.05, 3.63) is 23.2 Å². The predicted molar refractivity (Wildman–Crippen MR) is 81.1 cm³/mol. The number of halogens is 1. The van der Waals surface area contributed by atoms with Crippen LogP contribution >= 0.6 is 11.6 Å². The van der Waals surface area contributed by atoms with Gasteiger partial charge in [-0.2, -0.15) is 0 Å². The minimum atomic E-state index is 0.508. The Morgan fingerprint density at radius 3 is 2.90 bits per heavy atom. The lowest BCUT2D eigenvalue weighted by molar-refractivity contribution is 0.0684. The van der Waals surface area contributed by atoms with Crippen molar-refractivity contribution >= 4 is 28.6 Å². The first-order chi connectivity index (χ1) is 9.74. The van der Waals surface area contributed by atoms with E-state index in [4.69, 9.17) is 26.8 Å². The lowest BCUT2D eigenvalue weighted by Crippen LogP contribution is -2.06. The van der Waals surface area contributed by atoms with E-state index in [0.29, 0.717) is 24.2 Å². The van der Waals surface area contributed by atoms with E-state index in [9.17, 15) is 0 Å². The zero-order valence-corrected chi connectivity index (χ0v) is 12.4. The van der Waals surface area contributed by atoms with Gasteiger partial charge in [0.2, 0.25) is 5.95 Å². The van der Waals surface area contributed by atoms with Crippen molar-refractivity contribution in [2.24, 2.45) is 0 Å². The third kappa shape index (κ3) is 3.62. The fraction of sp³-hybridized carbons (Fsp3) is 0.500. The number of hydrogen-bond acceptors (Lipinski definition) is 4. The van der Waals surface area contributed by atoms with Gasteiger partial charge in [-0.1, -0.05) is 17.7 Å². The molecule has 0 saturated heterocycles. The number of imidazole rings is 1. The highest BCUT2D eigenvalue weighted by Crippen LogP contribution is 2.25. The first-order valence-electron chi connectivity index (χ1n) is 6.71. The second-order valence-corrected chi connectivity index (χ2v) is 4.95. The summed E-state index contributed by atoms with van der Waals surface area (Å²) in [6.07, 6.45) is 1.96. The lowest BCUT2D eigenvalue weighted by Gasteiger charge is -2.07. The maximum atomic E-state index is 6.11. The van der Waals surface area contributed by atoms with Gasteiger partial charge in [0.05, 0.1) is 23.8 Å². The van der Waals surface area contributed by atoms with Gasteiger partial charge in [0.25, 0.3) is 0 Å². The quantitative estimate of drug-likeness (QED) is 0.761. The van der Waals surface area contributed by atoms with Crippen LogP contribution in [0.5, 0.6) is 0 Å². The Kier molecular flexibility index (Phi) is 5.64. The maximum absolute atomic E-state index is 6.11. The molecule has 0 unspecified atom stereocenters. The van der Waals surface area contributed by atoms with Crippen molar-refractivity contribution in [3.8, 4) is 0 Å². The van der Waals surface area contributed by atoms with Crippen LogP contribution in [0.2, 0.25) is 5.02 Å². The van der Waals surface area contributed by atoms with Crippen LogP contribution < -0.4 is 5.73 Å². The normalized spacial score (nSPS) is 11.3. The fourth-order valence-corrected chi connectivity index (χ4v) is 2.30. The SMILES string of the molecule is COCCOCCCCn1c(N)nc2c(Cl)cccc21. The Morgan fingerprint density at radius 2 is 2.10 bits per heavy atom. The van der Waals surface area contributed by atoms with Crippen molar-refractivity contribution in [1.82, 2.24) is 9.55 Å². The van der Waals surface area contributed by atoms with E-state index < -0.39 is 0 Å². The van der Waals surface area contributed by atoms with E-state index in [0.717, 1.165) is 37.0 Å². The highest BCUT2D eigenvalue weighted by atomic mass is 35.5. The number of benzene rings is 1. The molecule has 0 aliphatic rings. The second-order valence-electron chi connectivity index (χ2n) is 4.54. The van der Waals surface area contributed by atoms with Crippen LogP contribution in [0.25, 0.3) is 11.0 Å². The summed E-state index contributed by atoms with van der Waals surface area (Å²) in [5.41, 5.74) is 7.70. The first kappa shape index (κ1) is 15.1. The lowest BCUT2D eigenvalue weighted by atomic mass is 10.3. The van der Waals surface area contributed by atoms with Gasteiger partial charge in [-0.3, -0.25) is 0 Å². The molecule has 2 N–H and O–H groups in total. The van der Waals surface area contributed by atoms with E-state index in [1.54, 1.807) is 7.11 Å². The van der Waals surface area contributed by atoms with E-state index >= 15 is 0 Å². The Morgan fingerprint density at radius 1 is 1.25 bits per heavy atom. The molecule has 1 aromatic carbocycles. The molecule has 1 aromatic heterocycles. The Hall–Kier alpha value is -1.30. The summed E-state index contributed by atoms with van der Waals surface area (Å²) in [5.74, 6) is 0.508. The van der Waals surface area contributed by atoms with Gasteiger partial charge < -0.3 is 19.8 Å². The number of fused-ring (bicyclic) bond motifs is 1. The number of nitrogens with two attached hydrogens (primary N) is 1. The molecule has 0 saturated carbocycles. The number of aromatic nitrogens is 2. The molecule has 0 atom stereocenters. The van der Waals surface area contributed by atoms with Crippen molar-refractivity contribution in [2.75, 3.05) is 32.7 Å². The van der Waals surface area contributed by atoms with Gasteiger partial charge in [-0.25, -0.2) is 4.98 Å². The molecule has 5 nitrogen and oxygen atoms in total. The molecule has 0 radical (unpaired) electrons. The van der Waals surface area contributed by atoms with E-state index in [1.165, 1.54) is 0 Å². The largest absolute Gasteiger partial charge is 0.382 e. The van der Waals surface area contributed by atoms with Crippen LogP contribution in [-0.4, -0.2) is 36.5 Å². The fourth-order valence-electron chi connectivity index (χ4n) is 2.08. The standard InChI is InChI=1S/C14H20ClN3O2/c1-19-9-10-20-8-3-2-7-18-12-6-4-5-11(15)13(12)17-14(18)16/h4-6H,2-3,7-10H2,1H3,(H2,16,17). The topological polar surface area (TPSA) is 62.3 Å². The number of nitrogens with zero attached hydrogens (tertiary/aromatic N) is 2. The zero-order chi connectivity index (χ0) is 14.4. The van der Waals surface area contributed by atoms with E-state index in [1.807, 2.05) is 22.8 Å². The van der Waals surface area contributed by atoms with Crippen LogP contribution in [0, 0.1) is 0 Å². The summed E-state index contributed by atoms with van der Waals surface area (Å²) < 4.78 is 12.3. The summed E-state index contributed by atoms with van der Waals surface area (Å²) in [4.78, 5) is 4.31. The highest BCUT2D eigenvalue weighted by molar-refractivity contribution is 6.35. The monoisotopic (exact) mass is 297 g/mol. The summed E-state index contributed by atoms with van der Waals surface area (Å²) in [6.45, 7) is 2.83. The molecule has 0 aliphatic heterocycles. The van der Waals surface area contributed by atoms with Gasteiger partial charge in [0, 0.05) is 20.3 Å². The summed E-state index contributed by atoms with van der Waals surface area (Å²) in [5, 5.41) is 0.635. The minimum Gasteiger partial charge on any atom is -0.382 e. The maximum Gasteiger partial charge on any atom is 0.201 e. The van der Waals surface area contributed by atoms with Gasteiger partial charge in [-0.15, -0.1) is 0 Å². The van der Waals surface area contributed by atoms with Crippen molar-refractivity contribution in [1.29, 1.82) is 0 Å². The number of aryl methyl sites for hydroxylation is 1. The van der Waals surface area contributed by atoms with Crippen molar-refractivity contribution in [3.63, 3.8) is 0 Å². The summed E-state index contributed by atoms with van der Waals surface area (Å²) in [6, 6.07) is 5.72. The Bertz CT molecular complexity index is 557. The molecule has 2 aromatic rings. The number of anilines is 1. The average Bonchev–Trinajstić information content (AvgIpc) is 2.76. The van der Waals surface area contributed by atoms with Crippen LogP contribution in [0.15, 0.2) is 18.2 Å². The van der Waals surface area contributed by atoms with Crippen LogP contribution in [-0.2, 0) is 16.0 Å². The predicted octanol–water partition coefficient (Wildman–Crippen LogP) is 2.72. The molecule has 0 amide bonds. The smallest absolute Gasteiger partial charge is 0.201 e. The molecule has 0 aliphatic carbocycles. The van der Waals surface area contributed by atoms with Crippen molar-refractivity contribution in [2.45, 2.75) is 19.4 Å². The third-order valence-corrected chi connectivity index (χ3v) is 3.42. The molecule has 20 heavy (non-hydrogen) atoms. The van der Waals surface area contributed by atoms with Crippen LogP contribution in [0.3, 0.4) is 0 Å². The molecule has 0 spiro atoms. The molecular formula is C14H20ClN3O2. The number of ether oxygens (including phenoxy) is 2. The van der Waals surface area contributed by atoms with Crippen LogP contribution in [0.1, 0.15) is 12.8 Å².